The van der Waals surface area contributed by atoms with Crippen LogP contribution in [-0.2, 0) is 9.47 Å². The van der Waals surface area contributed by atoms with Gasteiger partial charge in [0.15, 0.2) is 0 Å². The van der Waals surface area contributed by atoms with Crippen LogP contribution in [0.15, 0.2) is 49.0 Å². The van der Waals surface area contributed by atoms with E-state index in [0.717, 1.165) is 11.8 Å². The molecular weight excluding hydrogens is 296 g/mol. The summed E-state index contributed by atoms with van der Waals surface area (Å²) in [6.07, 6.45) is 10.5. The van der Waals surface area contributed by atoms with Gasteiger partial charge in [-0.3, -0.25) is 0 Å². The van der Waals surface area contributed by atoms with Gasteiger partial charge in [0.1, 0.15) is 12.2 Å². The minimum atomic E-state index is 0.256. The van der Waals surface area contributed by atoms with E-state index in [4.69, 9.17) is 9.47 Å². The maximum atomic E-state index is 5.47. The van der Waals surface area contributed by atoms with Gasteiger partial charge < -0.3 is 9.47 Å². The topological polar surface area (TPSA) is 18.5 Å². The molecule has 2 aliphatic carbocycles. The van der Waals surface area contributed by atoms with Gasteiger partial charge in [-0.25, -0.2) is 0 Å². The lowest BCUT2D eigenvalue weighted by Crippen LogP contribution is -2.29. The fourth-order valence-corrected chi connectivity index (χ4v) is 3.50. The highest BCUT2D eigenvalue weighted by molar-refractivity contribution is 5.13. The van der Waals surface area contributed by atoms with Crippen molar-refractivity contribution in [3.05, 3.63) is 49.0 Å². The monoisotopic (exact) mass is 332 g/mol. The van der Waals surface area contributed by atoms with Gasteiger partial charge in [-0.05, 0) is 61.5 Å². The Morgan fingerprint density at radius 3 is 1.42 bits per heavy atom. The molecular formula is C22H36O2. The number of hydrogen-bond donors (Lipinski definition) is 0. The maximum absolute atomic E-state index is 5.47. The minimum absolute atomic E-state index is 0.256. The maximum Gasteiger partial charge on any atom is 0.121 e. The summed E-state index contributed by atoms with van der Waals surface area (Å²) in [6.45, 7) is 20.5. The van der Waals surface area contributed by atoms with Gasteiger partial charge >= 0.3 is 0 Å². The van der Waals surface area contributed by atoms with Crippen LogP contribution in [0.25, 0.3) is 0 Å². The summed E-state index contributed by atoms with van der Waals surface area (Å²) in [6, 6.07) is 0. The molecule has 6 atom stereocenters. The van der Waals surface area contributed by atoms with Gasteiger partial charge in [-0.15, -0.1) is 0 Å². The highest BCUT2D eigenvalue weighted by atomic mass is 16.5. The van der Waals surface area contributed by atoms with Gasteiger partial charge in [-0.1, -0.05) is 53.0 Å². The number of ether oxygens (including phenoxy) is 2. The fraction of sp³-hybridized carbons (Fsp3) is 0.636. The second-order valence-corrected chi connectivity index (χ2v) is 7.49. The summed E-state index contributed by atoms with van der Waals surface area (Å²) >= 11 is 0. The molecule has 0 aliphatic heterocycles. The third-order valence-corrected chi connectivity index (χ3v) is 5.76. The molecule has 4 unspecified atom stereocenters. The molecule has 0 saturated heterocycles. The Hall–Kier alpha value is -1.44. The lowest BCUT2D eigenvalue weighted by molar-refractivity contribution is 0.0897. The van der Waals surface area contributed by atoms with Crippen LogP contribution in [-0.4, -0.2) is 12.2 Å². The van der Waals surface area contributed by atoms with Crippen molar-refractivity contribution in [1.82, 2.24) is 0 Å². The molecule has 2 nitrogen and oxygen atoms in total. The van der Waals surface area contributed by atoms with E-state index < -0.39 is 0 Å². The van der Waals surface area contributed by atoms with Crippen molar-refractivity contribution in [2.24, 2.45) is 23.7 Å². The van der Waals surface area contributed by atoms with Crippen molar-refractivity contribution < 1.29 is 9.47 Å². The van der Waals surface area contributed by atoms with Gasteiger partial charge in [0.25, 0.3) is 0 Å². The number of hydrogen-bond acceptors (Lipinski definition) is 2. The van der Waals surface area contributed by atoms with Crippen LogP contribution in [0.4, 0.5) is 0 Å². The molecule has 136 valence electrons. The van der Waals surface area contributed by atoms with E-state index in [1.807, 2.05) is 0 Å². The smallest absolute Gasteiger partial charge is 0.121 e. The first kappa shape index (κ1) is 20.6. The normalized spacial score (nSPS) is 35.6. The molecule has 0 saturated carbocycles. The van der Waals surface area contributed by atoms with Crippen LogP contribution in [0.1, 0.15) is 54.4 Å². The summed E-state index contributed by atoms with van der Waals surface area (Å²) < 4.78 is 10.9. The van der Waals surface area contributed by atoms with Crippen LogP contribution in [0, 0.1) is 23.7 Å². The molecule has 0 bridgehead atoms. The van der Waals surface area contributed by atoms with E-state index in [2.05, 4.69) is 66.9 Å². The average Bonchev–Trinajstić information content (AvgIpc) is 2.56. The summed E-state index contributed by atoms with van der Waals surface area (Å²) in [5.74, 6) is 2.65. The lowest BCUT2D eigenvalue weighted by atomic mass is 9.80. The van der Waals surface area contributed by atoms with E-state index in [-0.39, 0.29) is 12.2 Å². The van der Waals surface area contributed by atoms with E-state index >= 15 is 0 Å². The van der Waals surface area contributed by atoms with Gasteiger partial charge in [-0.2, -0.15) is 0 Å². The molecule has 2 rings (SSSR count). The largest absolute Gasteiger partial charge is 0.494 e. The summed E-state index contributed by atoms with van der Waals surface area (Å²) in [5, 5.41) is 0. The molecule has 0 aromatic carbocycles. The molecule has 0 heterocycles. The van der Waals surface area contributed by atoms with Crippen molar-refractivity contribution in [3.63, 3.8) is 0 Å². The molecule has 2 aliphatic rings. The zero-order chi connectivity index (χ0) is 18.3. The quantitative estimate of drug-likeness (QED) is 0.446. The number of rotatable bonds is 4. The Balaban J connectivity index is 0.000000240. The van der Waals surface area contributed by atoms with Crippen molar-refractivity contribution >= 4 is 0 Å². The zero-order valence-electron chi connectivity index (χ0n) is 16.4. The standard InChI is InChI=1S/2C11H18O/c2*1-5-12-11-9(3)7-6-8(2)10(11)4/h2*5,7-8,10-11H,1,6H2,2-4H3/t2*8?,10?,11-/m10/s1. The van der Waals surface area contributed by atoms with Gasteiger partial charge in [0.05, 0.1) is 12.5 Å². The van der Waals surface area contributed by atoms with Crippen LogP contribution < -0.4 is 0 Å². The Kier molecular flexibility index (Phi) is 8.38. The Labute approximate surface area is 149 Å². The van der Waals surface area contributed by atoms with Gasteiger partial charge in [0, 0.05) is 0 Å². The zero-order valence-corrected chi connectivity index (χ0v) is 16.4. The molecule has 0 aromatic heterocycles. The average molecular weight is 333 g/mol. The molecule has 0 amide bonds. The second kappa shape index (κ2) is 9.76. The highest BCUT2D eigenvalue weighted by Crippen LogP contribution is 2.32. The van der Waals surface area contributed by atoms with Crippen LogP contribution in [0.2, 0.25) is 0 Å². The molecule has 0 radical (unpaired) electrons. The predicted octanol–water partition coefficient (Wildman–Crippen LogP) is 6.27. The molecule has 24 heavy (non-hydrogen) atoms. The van der Waals surface area contributed by atoms with E-state index in [1.54, 1.807) is 12.5 Å². The Bertz CT molecular complexity index is 430. The highest BCUT2D eigenvalue weighted by Gasteiger charge is 2.28. The van der Waals surface area contributed by atoms with E-state index in [0.29, 0.717) is 11.8 Å². The van der Waals surface area contributed by atoms with Crippen molar-refractivity contribution in [1.29, 1.82) is 0 Å². The van der Waals surface area contributed by atoms with E-state index in [1.165, 1.54) is 24.0 Å². The van der Waals surface area contributed by atoms with E-state index in [9.17, 15) is 0 Å². The number of allylic oxidation sites excluding steroid dienone is 2. The molecule has 2 heteroatoms. The van der Waals surface area contributed by atoms with Crippen LogP contribution in [0.3, 0.4) is 0 Å². The van der Waals surface area contributed by atoms with Crippen LogP contribution in [0.5, 0.6) is 0 Å². The second-order valence-electron chi connectivity index (χ2n) is 7.49. The van der Waals surface area contributed by atoms with Crippen molar-refractivity contribution in [3.8, 4) is 0 Å². The Morgan fingerprint density at radius 1 is 0.792 bits per heavy atom. The summed E-state index contributed by atoms with van der Waals surface area (Å²) in [5.41, 5.74) is 2.70. The van der Waals surface area contributed by atoms with Crippen molar-refractivity contribution in [2.75, 3.05) is 0 Å². The first-order valence-corrected chi connectivity index (χ1v) is 9.19. The molecule has 0 spiro atoms. The van der Waals surface area contributed by atoms with Crippen LogP contribution >= 0.6 is 0 Å². The molecule has 0 N–H and O–H groups in total. The molecule has 0 fully saturated rings. The van der Waals surface area contributed by atoms with Crippen molar-refractivity contribution in [2.45, 2.75) is 66.6 Å². The Morgan fingerprint density at radius 2 is 1.12 bits per heavy atom. The summed E-state index contributed by atoms with van der Waals surface area (Å²) in [7, 11) is 0. The first-order valence-electron chi connectivity index (χ1n) is 9.19. The molecule has 0 aromatic rings. The fourth-order valence-electron chi connectivity index (χ4n) is 3.50. The third kappa shape index (κ3) is 5.29. The third-order valence-electron chi connectivity index (χ3n) is 5.76. The predicted molar refractivity (Wildman–Crippen MR) is 104 cm³/mol. The summed E-state index contributed by atoms with van der Waals surface area (Å²) in [4.78, 5) is 0. The van der Waals surface area contributed by atoms with Gasteiger partial charge in [0.2, 0.25) is 0 Å². The SMILES string of the molecule is C=CO[C@@H]1C(C)=CCC(C)C1C.C=CO[C@H]1C(C)=CCC(C)C1C. The minimum Gasteiger partial charge on any atom is -0.494 e. The first-order chi connectivity index (χ1) is 11.3. The lowest BCUT2D eigenvalue weighted by Gasteiger charge is -2.32.